The fourth-order valence-corrected chi connectivity index (χ4v) is 3.56. The van der Waals surface area contributed by atoms with Crippen LogP contribution < -0.4 is 5.84 Å². The molecule has 4 rings (SSSR count). The molecule has 0 fully saturated rings. The summed E-state index contributed by atoms with van der Waals surface area (Å²) in [6, 6.07) is 11.9. The van der Waals surface area contributed by atoms with Crippen molar-refractivity contribution in [3.05, 3.63) is 53.2 Å². The van der Waals surface area contributed by atoms with Crippen LogP contribution in [-0.4, -0.2) is 25.0 Å². The fraction of sp³-hybridized carbons (Fsp3) is 0.125. The largest absolute Gasteiger partial charge is 0.335 e. The topological polar surface area (TPSA) is 95.6 Å². The van der Waals surface area contributed by atoms with Crippen LogP contribution in [0.4, 0.5) is 0 Å². The van der Waals surface area contributed by atoms with Gasteiger partial charge < -0.3 is 10.4 Å². The molecule has 1 aromatic carbocycles. The molecule has 3 aromatic heterocycles. The molecular formula is C16H14N6OS2. The molecule has 2 N–H and O–H groups in total. The molecule has 0 amide bonds. The molecule has 0 radical (unpaired) electrons. The zero-order chi connectivity index (χ0) is 17.2. The number of hydrogen-bond acceptors (Lipinski definition) is 8. The van der Waals surface area contributed by atoms with Crippen molar-refractivity contribution >= 4 is 23.1 Å². The Balaban J connectivity index is 1.48. The van der Waals surface area contributed by atoms with E-state index >= 15 is 0 Å². The summed E-state index contributed by atoms with van der Waals surface area (Å²) in [5, 5.41) is 14.9. The zero-order valence-electron chi connectivity index (χ0n) is 13.3. The summed E-state index contributed by atoms with van der Waals surface area (Å²) in [5.74, 6) is 8.37. The van der Waals surface area contributed by atoms with Crippen molar-refractivity contribution in [3.63, 3.8) is 0 Å². The van der Waals surface area contributed by atoms with Crippen LogP contribution >= 0.6 is 23.1 Å². The maximum atomic E-state index is 6.13. The van der Waals surface area contributed by atoms with Crippen LogP contribution in [0.2, 0.25) is 0 Å². The monoisotopic (exact) mass is 370 g/mol. The highest BCUT2D eigenvalue weighted by molar-refractivity contribution is 7.98. The van der Waals surface area contributed by atoms with Crippen LogP contribution in [0, 0.1) is 6.92 Å². The summed E-state index contributed by atoms with van der Waals surface area (Å²) < 4.78 is 6.76. The molecule has 3 heterocycles. The van der Waals surface area contributed by atoms with Crippen LogP contribution in [0.1, 0.15) is 11.4 Å². The maximum absolute atomic E-state index is 6.13. The predicted octanol–water partition coefficient (Wildman–Crippen LogP) is 3.37. The SMILES string of the molecule is Cc1ccc(-c2nnc(SCc3noc(-c4cccs4)n3)n2N)cc1. The third kappa shape index (κ3) is 3.28. The Kier molecular flexibility index (Phi) is 4.24. The van der Waals surface area contributed by atoms with Gasteiger partial charge in [0.2, 0.25) is 5.16 Å². The van der Waals surface area contributed by atoms with Gasteiger partial charge in [-0.15, -0.1) is 21.5 Å². The normalized spacial score (nSPS) is 11.1. The minimum Gasteiger partial charge on any atom is -0.335 e. The Morgan fingerprint density at radius 2 is 2.04 bits per heavy atom. The lowest BCUT2D eigenvalue weighted by Gasteiger charge is -2.03. The second kappa shape index (κ2) is 6.69. The summed E-state index contributed by atoms with van der Waals surface area (Å²) in [4.78, 5) is 5.34. The number of hydrogen-bond donors (Lipinski definition) is 1. The molecule has 0 saturated heterocycles. The third-order valence-corrected chi connectivity index (χ3v) is 5.30. The number of nitrogens with zero attached hydrogens (tertiary/aromatic N) is 5. The van der Waals surface area contributed by atoms with Gasteiger partial charge >= 0.3 is 0 Å². The molecule has 0 bridgehead atoms. The predicted molar refractivity (Wildman–Crippen MR) is 97.5 cm³/mol. The molecule has 0 aliphatic rings. The average molecular weight is 370 g/mol. The van der Waals surface area contributed by atoms with Gasteiger partial charge in [0.25, 0.3) is 5.89 Å². The van der Waals surface area contributed by atoms with Gasteiger partial charge in [0.1, 0.15) is 0 Å². The zero-order valence-corrected chi connectivity index (χ0v) is 14.9. The first-order valence-electron chi connectivity index (χ1n) is 7.47. The van der Waals surface area contributed by atoms with Gasteiger partial charge in [-0.2, -0.15) is 4.98 Å². The highest BCUT2D eigenvalue weighted by Gasteiger charge is 2.15. The molecule has 0 atom stereocenters. The summed E-state index contributed by atoms with van der Waals surface area (Å²) in [6.07, 6.45) is 0. The van der Waals surface area contributed by atoms with Crippen LogP contribution in [-0.2, 0) is 5.75 Å². The third-order valence-electron chi connectivity index (χ3n) is 3.50. The maximum Gasteiger partial charge on any atom is 0.268 e. The Bertz CT molecular complexity index is 975. The van der Waals surface area contributed by atoms with E-state index in [0.29, 0.717) is 28.4 Å². The molecular weight excluding hydrogens is 356 g/mol. The van der Waals surface area contributed by atoms with E-state index in [9.17, 15) is 0 Å². The molecule has 0 aliphatic heterocycles. The first-order valence-corrected chi connectivity index (χ1v) is 9.34. The van der Waals surface area contributed by atoms with Crippen LogP contribution in [0.3, 0.4) is 0 Å². The standard InChI is InChI=1S/C16H14N6OS2/c1-10-4-6-11(7-5-10)14-19-20-16(22(14)17)25-9-13-18-15(23-21-13)12-3-2-8-24-12/h2-8H,9,17H2,1H3. The second-order valence-corrected chi connectivity index (χ2v) is 7.21. The molecule has 0 saturated carbocycles. The van der Waals surface area contributed by atoms with Crippen LogP contribution in [0.25, 0.3) is 22.2 Å². The van der Waals surface area contributed by atoms with E-state index in [4.69, 9.17) is 10.4 Å². The van der Waals surface area contributed by atoms with E-state index in [0.717, 1.165) is 10.4 Å². The number of thiophene rings is 1. The lowest BCUT2D eigenvalue weighted by Crippen LogP contribution is -2.11. The second-order valence-electron chi connectivity index (χ2n) is 5.32. The van der Waals surface area contributed by atoms with Crippen LogP contribution in [0.15, 0.2) is 51.5 Å². The van der Waals surface area contributed by atoms with Gasteiger partial charge in [0.05, 0.1) is 10.6 Å². The quantitative estimate of drug-likeness (QED) is 0.425. The number of benzene rings is 1. The number of rotatable bonds is 5. The Morgan fingerprint density at radius 1 is 1.20 bits per heavy atom. The summed E-state index contributed by atoms with van der Waals surface area (Å²) in [7, 11) is 0. The van der Waals surface area contributed by atoms with Gasteiger partial charge in [-0.3, -0.25) is 0 Å². The Hall–Kier alpha value is -2.65. The minimum absolute atomic E-state index is 0.498. The molecule has 126 valence electrons. The highest BCUT2D eigenvalue weighted by Crippen LogP contribution is 2.26. The van der Waals surface area contributed by atoms with Gasteiger partial charge in [-0.1, -0.05) is 52.8 Å². The number of aryl methyl sites for hydroxylation is 1. The number of nitrogens with two attached hydrogens (primary N) is 1. The minimum atomic E-state index is 0.498. The number of aromatic nitrogens is 5. The van der Waals surface area contributed by atoms with Crippen molar-refractivity contribution in [2.24, 2.45) is 0 Å². The molecule has 0 aliphatic carbocycles. The first kappa shape index (κ1) is 15.9. The van der Waals surface area contributed by atoms with Crippen molar-refractivity contribution in [1.82, 2.24) is 25.0 Å². The molecule has 0 unspecified atom stereocenters. The van der Waals surface area contributed by atoms with Crippen molar-refractivity contribution < 1.29 is 4.52 Å². The Labute approximate surface area is 151 Å². The molecule has 9 heteroatoms. The van der Waals surface area contributed by atoms with E-state index in [2.05, 4.69) is 20.3 Å². The van der Waals surface area contributed by atoms with E-state index < -0.39 is 0 Å². The summed E-state index contributed by atoms with van der Waals surface area (Å²) in [5.41, 5.74) is 2.10. The molecule has 0 spiro atoms. The highest BCUT2D eigenvalue weighted by atomic mass is 32.2. The van der Waals surface area contributed by atoms with Gasteiger partial charge in [-0.25, -0.2) is 4.68 Å². The van der Waals surface area contributed by atoms with Gasteiger partial charge in [-0.05, 0) is 18.4 Å². The van der Waals surface area contributed by atoms with E-state index in [1.807, 2.05) is 48.7 Å². The number of thioether (sulfide) groups is 1. The Morgan fingerprint density at radius 3 is 2.80 bits per heavy atom. The lowest BCUT2D eigenvalue weighted by atomic mass is 10.1. The molecule has 7 nitrogen and oxygen atoms in total. The molecule has 25 heavy (non-hydrogen) atoms. The summed E-state index contributed by atoms with van der Waals surface area (Å²) in [6.45, 7) is 2.04. The first-order chi connectivity index (χ1) is 12.2. The lowest BCUT2D eigenvalue weighted by molar-refractivity contribution is 0.426. The number of nitrogen functional groups attached to an aromatic ring is 1. The van der Waals surface area contributed by atoms with E-state index in [1.165, 1.54) is 22.0 Å². The fourth-order valence-electron chi connectivity index (χ4n) is 2.22. The van der Waals surface area contributed by atoms with Crippen molar-refractivity contribution in [1.29, 1.82) is 0 Å². The van der Waals surface area contributed by atoms with E-state index in [-0.39, 0.29) is 0 Å². The van der Waals surface area contributed by atoms with E-state index in [1.54, 1.807) is 11.3 Å². The van der Waals surface area contributed by atoms with Crippen LogP contribution in [0.5, 0.6) is 0 Å². The van der Waals surface area contributed by atoms with Crippen molar-refractivity contribution in [2.75, 3.05) is 5.84 Å². The summed E-state index contributed by atoms with van der Waals surface area (Å²) >= 11 is 2.97. The average Bonchev–Trinajstić information content (AvgIpc) is 3.35. The molecule has 4 aromatic rings. The van der Waals surface area contributed by atoms with Gasteiger partial charge in [0, 0.05) is 5.56 Å². The van der Waals surface area contributed by atoms with Crippen molar-refractivity contribution in [2.45, 2.75) is 17.8 Å². The van der Waals surface area contributed by atoms with Gasteiger partial charge in [0.15, 0.2) is 11.6 Å². The van der Waals surface area contributed by atoms with Crippen molar-refractivity contribution in [3.8, 4) is 22.2 Å². The smallest absolute Gasteiger partial charge is 0.268 e.